The van der Waals surface area contributed by atoms with Gasteiger partial charge in [0.15, 0.2) is 0 Å². The van der Waals surface area contributed by atoms with Crippen LogP contribution in [0.2, 0.25) is 0 Å². The molecule has 0 aromatic heterocycles. The van der Waals surface area contributed by atoms with Gasteiger partial charge >= 0.3 is 0 Å². The third kappa shape index (κ3) is 14.3. The smallest absolute Gasteiger partial charge is 0.224 e. The zero-order valence-electron chi connectivity index (χ0n) is 17.5. The molecule has 0 heterocycles. The van der Waals surface area contributed by atoms with E-state index in [1.165, 1.54) is 5.57 Å². The predicted molar refractivity (Wildman–Crippen MR) is 121 cm³/mol. The van der Waals surface area contributed by atoms with Gasteiger partial charge in [-0.05, 0) is 52.2 Å². The predicted octanol–water partition coefficient (Wildman–Crippen LogP) is 6.54. The van der Waals surface area contributed by atoms with Crippen molar-refractivity contribution in [1.29, 1.82) is 0 Å². The minimum atomic E-state index is 0.0357. The molecule has 27 heavy (non-hydrogen) atoms. The number of carbonyl (C=O) groups is 1. The van der Waals surface area contributed by atoms with Gasteiger partial charge in [0.1, 0.15) is 0 Å². The van der Waals surface area contributed by atoms with Crippen LogP contribution >= 0.6 is 0 Å². The number of carbonyl (C=O) groups excluding carboxylic acids is 1. The van der Waals surface area contributed by atoms with Crippen LogP contribution in [0.5, 0.6) is 0 Å². The minimum Gasteiger partial charge on any atom is -0.352 e. The second-order valence-electron chi connectivity index (χ2n) is 6.13. The zero-order chi connectivity index (χ0) is 20.3. The molecule has 0 spiro atoms. The van der Waals surface area contributed by atoms with Crippen LogP contribution in [0.4, 0.5) is 0 Å². The Labute approximate surface area is 166 Å². The summed E-state index contributed by atoms with van der Waals surface area (Å²) in [4.78, 5) is 12.2. The maximum atomic E-state index is 12.2. The summed E-state index contributed by atoms with van der Waals surface area (Å²) in [5.41, 5.74) is 3.33. The van der Waals surface area contributed by atoms with Crippen molar-refractivity contribution < 1.29 is 4.79 Å². The van der Waals surface area contributed by atoms with Crippen LogP contribution in [0.1, 0.15) is 47.5 Å². The van der Waals surface area contributed by atoms with E-state index in [1.54, 1.807) is 0 Å². The van der Waals surface area contributed by atoms with Gasteiger partial charge in [0.25, 0.3) is 0 Å². The number of amides is 1. The number of rotatable bonds is 11. The molecule has 0 saturated heterocycles. The van der Waals surface area contributed by atoms with E-state index >= 15 is 0 Å². The first kappa shape index (κ1) is 24.4. The fraction of sp³-hybridized carbons (Fsp3) is 0.320. The molecule has 0 aromatic rings. The van der Waals surface area contributed by atoms with Crippen LogP contribution in [0.3, 0.4) is 0 Å². The van der Waals surface area contributed by atoms with Gasteiger partial charge in [-0.15, -0.1) is 0 Å². The molecule has 0 aliphatic carbocycles. The van der Waals surface area contributed by atoms with Gasteiger partial charge in [-0.3, -0.25) is 4.79 Å². The maximum absolute atomic E-state index is 12.2. The molecule has 0 atom stereocenters. The normalized spacial score (nSPS) is 14.6. The van der Waals surface area contributed by atoms with Gasteiger partial charge < -0.3 is 5.32 Å². The van der Waals surface area contributed by atoms with E-state index in [0.29, 0.717) is 13.0 Å². The summed E-state index contributed by atoms with van der Waals surface area (Å²) in [5, 5.41) is 2.98. The van der Waals surface area contributed by atoms with Crippen LogP contribution in [-0.4, -0.2) is 12.5 Å². The van der Waals surface area contributed by atoms with Gasteiger partial charge in [-0.2, -0.15) is 0 Å². The van der Waals surface area contributed by atoms with E-state index in [2.05, 4.69) is 23.5 Å². The first-order chi connectivity index (χ1) is 13.1. The quantitative estimate of drug-likeness (QED) is 0.414. The maximum Gasteiger partial charge on any atom is 0.224 e. The Morgan fingerprint density at radius 1 is 0.778 bits per heavy atom. The summed E-state index contributed by atoms with van der Waals surface area (Å²) in [7, 11) is 0. The van der Waals surface area contributed by atoms with Crippen molar-refractivity contribution in [3.63, 3.8) is 0 Å². The lowest BCUT2D eigenvalue weighted by Gasteiger charge is -2.06. The Morgan fingerprint density at radius 2 is 1.44 bits per heavy atom. The van der Waals surface area contributed by atoms with E-state index in [4.69, 9.17) is 0 Å². The topological polar surface area (TPSA) is 29.1 Å². The Bertz CT molecular complexity index is 664. The fourth-order valence-electron chi connectivity index (χ4n) is 2.23. The van der Waals surface area contributed by atoms with Crippen LogP contribution in [0.15, 0.2) is 95.7 Å². The van der Waals surface area contributed by atoms with E-state index < -0.39 is 0 Å². The highest BCUT2D eigenvalue weighted by atomic mass is 16.1. The standard InChI is InChI=1S/C25H35NO/c1-6-10-12-13-17-23(14-8-3)19-18-22(5)20-25(27)26-21-24(15-9-4)16-11-7-2/h6-16,18-19H,17,20-21H2,1-5H3,(H,26,27)/b10-6-,11-7-,13-12-,14-8-,15-9-,22-18+,23-19+,24-16+. The first-order valence-corrected chi connectivity index (χ1v) is 9.55. The summed E-state index contributed by atoms with van der Waals surface area (Å²) in [6.07, 6.45) is 27.7. The van der Waals surface area contributed by atoms with Crippen molar-refractivity contribution in [2.75, 3.05) is 6.54 Å². The summed E-state index contributed by atoms with van der Waals surface area (Å²) in [5.74, 6) is 0.0357. The van der Waals surface area contributed by atoms with E-state index in [9.17, 15) is 4.79 Å². The van der Waals surface area contributed by atoms with Crippen molar-refractivity contribution >= 4 is 5.91 Å². The van der Waals surface area contributed by atoms with Crippen LogP contribution in [-0.2, 0) is 4.79 Å². The van der Waals surface area contributed by atoms with Crippen LogP contribution in [0.25, 0.3) is 0 Å². The van der Waals surface area contributed by atoms with Crippen molar-refractivity contribution in [3.8, 4) is 0 Å². The molecule has 0 rings (SSSR count). The average molecular weight is 366 g/mol. The molecular formula is C25H35NO. The SMILES string of the molecule is C/C=C\C=C/CC(/C=C\C)=C/C=C(\C)CC(=O)NCC(/C=C\C)=C/C=C\C. The molecule has 2 heteroatoms. The lowest BCUT2D eigenvalue weighted by Crippen LogP contribution is -2.25. The third-order valence-electron chi connectivity index (χ3n) is 3.57. The highest BCUT2D eigenvalue weighted by Gasteiger charge is 2.02. The number of hydrogen-bond acceptors (Lipinski definition) is 1. The second kappa shape index (κ2) is 16.8. The molecule has 0 saturated carbocycles. The molecule has 0 aliphatic rings. The molecule has 2 nitrogen and oxygen atoms in total. The van der Waals surface area contributed by atoms with Gasteiger partial charge in [0.2, 0.25) is 5.91 Å². The molecular weight excluding hydrogens is 330 g/mol. The Hall–Kier alpha value is -2.61. The highest BCUT2D eigenvalue weighted by Crippen LogP contribution is 2.08. The van der Waals surface area contributed by atoms with Crippen LogP contribution < -0.4 is 5.32 Å². The molecule has 0 radical (unpaired) electrons. The van der Waals surface area contributed by atoms with Crippen molar-refractivity contribution in [2.45, 2.75) is 47.5 Å². The molecule has 1 N–H and O–H groups in total. The third-order valence-corrected chi connectivity index (χ3v) is 3.57. The fourth-order valence-corrected chi connectivity index (χ4v) is 2.23. The van der Waals surface area contributed by atoms with Crippen molar-refractivity contribution in [2.24, 2.45) is 0 Å². The molecule has 146 valence electrons. The van der Waals surface area contributed by atoms with E-state index in [0.717, 1.165) is 17.6 Å². The van der Waals surface area contributed by atoms with Crippen molar-refractivity contribution in [1.82, 2.24) is 5.32 Å². The molecule has 0 aromatic carbocycles. The lowest BCUT2D eigenvalue weighted by molar-refractivity contribution is -0.120. The van der Waals surface area contributed by atoms with E-state index in [1.807, 2.05) is 95.4 Å². The summed E-state index contributed by atoms with van der Waals surface area (Å²) in [6, 6.07) is 0. The lowest BCUT2D eigenvalue weighted by atomic mass is 10.1. The van der Waals surface area contributed by atoms with Gasteiger partial charge in [-0.25, -0.2) is 0 Å². The summed E-state index contributed by atoms with van der Waals surface area (Å²) < 4.78 is 0. The largest absolute Gasteiger partial charge is 0.352 e. The van der Waals surface area contributed by atoms with Crippen molar-refractivity contribution in [3.05, 3.63) is 95.7 Å². The molecule has 0 fully saturated rings. The number of hydrogen-bond donors (Lipinski definition) is 1. The van der Waals surface area contributed by atoms with Crippen LogP contribution in [0, 0.1) is 0 Å². The van der Waals surface area contributed by atoms with Gasteiger partial charge in [0.05, 0.1) is 0 Å². The number of nitrogens with one attached hydrogen (secondary N) is 1. The molecule has 0 bridgehead atoms. The second-order valence-corrected chi connectivity index (χ2v) is 6.13. The molecule has 0 aliphatic heterocycles. The van der Waals surface area contributed by atoms with Gasteiger partial charge in [-0.1, -0.05) is 84.6 Å². The molecule has 1 amide bonds. The van der Waals surface area contributed by atoms with E-state index in [-0.39, 0.29) is 5.91 Å². The Morgan fingerprint density at radius 3 is 2.07 bits per heavy atom. The first-order valence-electron chi connectivity index (χ1n) is 9.55. The number of allylic oxidation sites excluding steroid dienone is 13. The zero-order valence-corrected chi connectivity index (χ0v) is 17.5. The average Bonchev–Trinajstić information content (AvgIpc) is 2.65. The Kier molecular flexibility index (Phi) is 15.2. The Balaban J connectivity index is 4.77. The molecule has 0 unspecified atom stereocenters. The summed E-state index contributed by atoms with van der Waals surface area (Å²) in [6.45, 7) is 10.5. The minimum absolute atomic E-state index is 0.0357. The monoisotopic (exact) mass is 365 g/mol. The summed E-state index contributed by atoms with van der Waals surface area (Å²) >= 11 is 0. The highest BCUT2D eigenvalue weighted by molar-refractivity contribution is 5.78. The van der Waals surface area contributed by atoms with Gasteiger partial charge in [0, 0.05) is 13.0 Å².